The molecule has 0 spiro atoms. The first-order valence-electron chi connectivity index (χ1n) is 5.10. The van der Waals surface area contributed by atoms with Crippen LogP contribution in [0.5, 0.6) is 0 Å². The SMILES string of the molecule is NC(=[NH2+])CCc1ccc2ccccc2c1.[Cl-]. The minimum atomic E-state index is 0. The fraction of sp³-hybridized carbons (Fsp3) is 0.154. The van der Waals surface area contributed by atoms with Crippen LogP contribution in [0.3, 0.4) is 0 Å². The molecule has 0 saturated heterocycles. The van der Waals surface area contributed by atoms with Crippen molar-refractivity contribution in [1.82, 2.24) is 0 Å². The van der Waals surface area contributed by atoms with Crippen LogP contribution in [0.25, 0.3) is 10.8 Å². The number of hydrogen-bond acceptors (Lipinski definition) is 0. The Morgan fingerprint density at radius 1 is 1.06 bits per heavy atom. The van der Waals surface area contributed by atoms with Gasteiger partial charge in [-0.3, -0.25) is 11.1 Å². The molecule has 3 heteroatoms. The lowest BCUT2D eigenvalue weighted by atomic mass is 10.0. The zero-order chi connectivity index (χ0) is 10.7. The zero-order valence-electron chi connectivity index (χ0n) is 8.99. The van der Waals surface area contributed by atoms with Crippen molar-refractivity contribution in [3.05, 3.63) is 48.0 Å². The summed E-state index contributed by atoms with van der Waals surface area (Å²) in [5.41, 5.74) is 6.73. The molecule has 0 aliphatic rings. The molecular weight excluding hydrogens is 220 g/mol. The van der Waals surface area contributed by atoms with E-state index < -0.39 is 0 Å². The Bertz CT molecular complexity index is 494. The molecule has 16 heavy (non-hydrogen) atoms. The molecule has 2 aromatic rings. The first-order chi connectivity index (χ1) is 7.25. The Kier molecular flexibility index (Phi) is 4.32. The van der Waals surface area contributed by atoms with Crippen molar-refractivity contribution in [2.75, 3.05) is 0 Å². The van der Waals surface area contributed by atoms with Crippen molar-refractivity contribution in [1.29, 1.82) is 0 Å². The van der Waals surface area contributed by atoms with Gasteiger partial charge in [0.25, 0.3) is 0 Å². The largest absolute Gasteiger partial charge is 1.00 e. The maximum absolute atomic E-state index is 5.45. The summed E-state index contributed by atoms with van der Waals surface area (Å²) in [5.74, 6) is 0.503. The van der Waals surface area contributed by atoms with Gasteiger partial charge in [-0.05, 0) is 22.8 Å². The molecule has 0 amide bonds. The molecule has 4 N–H and O–H groups in total. The maximum atomic E-state index is 5.45. The van der Waals surface area contributed by atoms with Crippen LogP contribution in [-0.2, 0) is 6.42 Å². The van der Waals surface area contributed by atoms with Gasteiger partial charge in [0, 0.05) is 0 Å². The summed E-state index contributed by atoms with van der Waals surface area (Å²) in [7, 11) is 0. The molecular formula is C13H15ClN2. The van der Waals surface area contributed by atoms with Crippen molar-refractivity contribution in [3.63, 3.8) is 0 Å². The Labute approximate surface area is 101 Å². The van der Waals surface area contributed by atoms with Gasteiger partial charge in [-0.1, -0.05) is 42.5 Å². The Hall–Kier alpha value is -1.54. The summed E-state index contributed by atoms with van der Waals surface area (Å²) in [5, 5.41) is 7.99. The van der Waals surface area contributed by atoms with Crippen LogP contribution in [0.1, 0.15) is 12.0 Å². The van der Waals surface area contributed by atoms with Gasteiger partial charge in [-0.15, -0.1) is 0 Å². The van der Waals surface area contributed by atoms with Gasteiger partial charge >= 0.3 is 0 Å². The molecule has 0 heterocycles. The fourth-order valence-electron chi connectivity index (χ4n) is 1.68. The average molecular weight is 235 g/mol. The highest BCUT2D eigenvalue weighted by Gasteiger charge is 1.99. The van der Waals surface area contributed by atoms with E-state index in [2.05, 4.69) is 36.4 Å². The van der Waals surface area contributed by atoms with Gasteiger partial charge in [0.2, 0.25) is 5.84 Å². The quantitative estimate of drug-likeness (QED) is 0.464. The molecule has 2 aromatic carbocycles. The van der Waals surface area contributed by atoms with Crippen molar-refractivity contribution < 1.29 is 17.8 Å². The predicted molar refractivity (Wildman–Crippen MR) is 63.4 cm³/mol. The summed E-state index contributed by atoms with van der Waals surface area (Å²) in [6.07, 6.45) is 1.66. The highest BCUT2D eigenvalue weighted by Crippen LogP contribution is 2.16. The van der Waals surface area contributed by atoms with E-state index in [-0.39, 0.29) is 12.4 Å². The Morgan fingerprint density at radius 3 is 2.44 bits per heavy atom. The van der Waals surface area contributed by atoms with Gasteiger partial charge < -0.3 is 12.4 Å². The van der Waals surface area contributed by atoms with E-state index in [1.54, 1.807) is 0 Å². The van der Waals surface area contributed by atoms with Crippen molar-refractivity contribution >= 4 is 16.6 Å². The number of rotatable bonds is 3. The van der Waals surface area contributed by atoms with Gasteiger partial charge in [0.1, 0.15) is 0 Å². The number of amidine groups is 1. The average Bonchev–Trinajstić information content (AvgIpc) is 2.26. The van der Waals surface area contributed by atoms with Crippen LogP contribution in [0.15, 0.2) is 42.5 Å². The number of halogens is 1. The summed E-state index contributed by atoms with van der Waals surface area (Å²) in [6, 6.07) is 14.8. The molecule has 0 aromatic heterocycles. The molecule has 2 rings (SSSR count). The third-order valence-corrected chi connectivity index (χ3v) is 2.52. The second-order valence-electron chi connectivity index (χ2n) is 3.76. The van der Waals surface area contributed by atoms with Gasteiger partial charge in [0.05, 0.1) is 6.42 Å². The standard InChI is InChI=1S/C13H14N2.ClH/c14-13(15)8-6-10-5-7-11-3-1-2-4-12(11)9-10;/h1-5,7,9H,6,8H2,(H3,14,15);1H. The molecule has 0 unspecified atom stereocenters. The summed E-state index contributed by atoms with van der Waals surface area (Å²) < 4.78 is 0. The third-order valence-electron chi connectivity index (χ3n) is 2.52. The minimum Gasteiger partial charge on any atom is -1.00 e. The number of benzene rings is 2. The monoisotopic (exact) mass is 234 g/mol. The number of fused-ring (bicyclic) bond motifs is 1. The first-order valence-corrected chi connectivity index (χ1v) is 5.10. The molecule has 0 aliphatic heterocycles. The molecule has 0 radical (unpaired) electrons. The second-order valence-corrected chi connectivity index (χ2v) is 3.76. The number of aryl methyl sites for hydroxylation is 1. The third kappa shape index (κ3) is 2.97. The van der Waals surface area contributed by atoms with Crippen LogP contribution in [0.2, 0.25) is 0 Å². The van der Waals surface area contributed by atoms with Crippen LogP contribution in [0.4, 0.5) is 0 Å². The second kappa shape index (κ2) is 5.52. The van der Waals surface area contributed by atoms with Crippen LogP contribution < -0.4 is 23.5 Å². The van der Waals surface area contributed by atoms with Crippen molar-refractivity contribution in [3.8, 4) is 0 Å². The zero-order valence-corrected chi connectivity index (χ0v) is 9.74. The predicted octanol–water partition coefficient (Wildman–Crippen LogP) is -2.11. The van der Waals surface area contributed by atoms with Crippen molar-refractivity contribution in [2.24, 2.45) is 5.73 Å². The van der Waals surface area contributed by atoms with E-state index in [9.17, 15) is 0 Å². The lowest BCUT2D eigenvalue weighted by Crippen LogP contribution is -3.00. The molecule has 0 fully saturated rings. The van der Waals surface area contributed by atoms with Gasteiger partial charge in [-0.25, -0.2) is 0 Å². The summed E-state index contributed by atoms with van der Waals surface area (Å²) in [4.78, 5) is 0. The first kappa shape index (κ1) is 12.5. The lowest BCUT2D eigenvalue weighted by molar-refractivity contribution is -0.117. The summed E-state index contributed by atoms with van der Waals surface area (Å²) in [6.45, 7) is 0. The van der Waals surface area contributed by atoms with E-state index in [0.29, 0.717) is 5.84 Å². The number of nitrogens with two attached hydrogens (primary N) is 2. The van der Waals surface area contributed by atoms with Crippen LogP contribution in [-0.4, -0.2) is 5.84 Å². The van der Waals surface area contributed by atoms with E-state index in [0.717, 1.165) is 12.8 Å². The smallest absolute Gasteiger partial charge is 0.238 e. The lowest BCUT2D eigenvalue weighted by Gasteiger charge is -2.01. The molecule has 0 bridgehead atoms. The molecule has 0 atom stereocenters. The highest BCUT2D eigenvalue weighted by molar-refractivity contribution is 5.83. The molecule has 84 valence electrons. The van der Waals surface area contributed by atoms with Crippen molar-refractivity contribution in [2.45, 2.75) is 12.8 Å². The van der Waals surface area contributed by atoms with Crippen LogP contribution in [0, 0.1) is 0 Å². The normalized spacial score (nSPS) is 9.75. The summed E-state index contributed by atoms with van der Waals surface area (Å²) >= 11 is 0. The van der Waals surface area contributed by atoms with Crippen LogP contribution >= 0.6 is 0 Å². The topological polar surface area (TPSA) is 51.6 Å². The van der Waals surface area contributed by atoms with E-state index in [4.69, 9.17) is 11.1 Å². The van der Waals surface area contributed by atoms with E-state index in [1.807, 2.05) is 6.07 Å². The molecule has 0 aliphatic carbocycles. The molecule has 0 saturated carbocycles. The van der Waals surface area contributed by atoms with Gasteiger partial charge in [-0.2, -0.15) is 0 Å². The minimum absolute atomic E-state index is 0. The maximum Gasteiger partial charge on any atom is 0.238 e. The fourth-order valence-corrected chi connectivity index (χ4v) is 1.68. The molecule has 2 nitrogen and oxygen atoms in total. The van der Waals surface area contributed by atoms with E-state index in [1.165, 1.54) is 16.3 Å². The highest BCUT2D eigenvalue weighted by atomic mass is 35.5. The Balaban J connectivity index is 0.00000128. The van der Waals surface area contributed by atoms with E-state index >= 15 is 0 Å². The van der Waals surface area contributed by atoms with Gasteiger partial charge in [0.15, 0.2) is 0 Å². The number of hydrogen-bond donors (Lipinski definition) is 2. The Morgan fingerprint density at radius 2 is 1.75 bits per heavy atom.